The second-order valence-corrected chi connectivity index (χ2v) is 9.00. The number of sulfonamides is 1. The Labute approximate surface area is 191 Å². The van der Waals surface area contributed by atoms with E-state index in [0.717, 1.165) is 11.1 Å². The van der Waals surface area contributed by atoms with Crippen molar-refractivity contribution in [3.8, 4) is 11.8 Å². The van der Waals surface area contributed by atoms with Gasteiger partial charge in [0.15, 0.2) is 6.04 Å². The molecule has 1 atom stereocenters. The van der Waals surface area contributed by atoms with Crippen LogP contribution < -0.4 is 5.48 Å². The fraction of sp³-hybridized carbons (Fsp3) is 0.125. The van der Waals surface area contributed by atoms with Gasteiger partial charge in [0.2, 0.25) is 10.0 Å². The minimum Gasteiger partial charge on any atom is -0.301 e. The highest BCUT2D eigenvalue weighted by Crippen LogP contribution is 2.21. The zero-order valence-electron chi connectivity index (χ0n) is 17.7. The lowest BCUT2D eigenvalue weighted by atomic mass is 10.1. The van der Waals surface area contributed by atoms with Gasteiger partial charge in [0.05, 0.1) is 4.90 Å². The highest BCUT2D eigenvalue weighted by Gasteiger charge is 2.36. The van der Waals surface area contributed by atoms with Crippen LogP contribution in [0.2, 0.25) is 0 Å². The topological polar surface area (TPSA) is 117 Å². The summed E-state index contributed by atoms with van der Waals surface area (Å²) in [5.41, 5.74) is 4.33. The van der Waals surface area contributed by atoms with Gasteiger partial charge >= 0.3 is 0 Å². The number of rotatable bonds is 7. The molecule has 0 saturated heterocycles. The molecule has 33 heavy (non-hydrogen) atoms. The van der Waals surface area contributed by atoms with Crippen molar-refractivity contribution in [2.24, 2.45) is 0 Å². The predicted octanol–water partition coefficient (Wildman–Crippen LogP) is 2.05. The van der Waals surface area contributed by atoms with Crippen molar-refractivity contribution in [1.29, 1.82) is 0 Å². The first-order chi connectivity index (χ1) is 15.8. The number of amides is 1. The highest BCUT2D eigenvalue weighted by molar-refractivity contribution is 7.89. The van der Waals surface area contributed by atoms with Gasteiger partial charge in [0, 0.05) is 30.1 Å². The average Bonchev–Trinajstić information content (AvgIpc) is 2.84. The minimum atomic E-state index is -4.30. The van der Waals surface area contributed by atoms with Gasteiger partial charge in [0.25, 0.3) is 5.91 Å². The molecule has 3 aromatic rings. The molecule has 0 unspecified atom stereocenters. The Bertz CT molecular complexity index is 1280. The van der Waals surface area contributed by atoms with Gasteiger partial charge in [-0.25, -0.2) is 13.9 Å². The Hall–Kier alpha value is -3.84. The molecule has 0 saturated carbocycles. The van der Waals surface area contributed by atoms with Gasteiger partial charge < -0.3 is 4.79 Å². The molecule has 0 aliphatic carbocycles. The standard InChI is InChI=1S/C24H21N3O5S/c1-18-4-6-19(7-5-18)8-9-20-10-12-22(13-11-20)33(31,32)27(23(17-28)24(29)26-30)16-21-3-2-14-25-15-21/h2-7,10-15,17,23,30H,16H2,1H3,(H,26,29)/t23-/m0/s1. The minimum absolute atomic E-state index is 0.134. The summed E-state index contributed by atoms with van der Waals surface area (Å²) in [7, 11) is -4.30. The maximum absolute atomic E-state index is 13.3. The van der Waals surface area contributed by atoms with E-state index in [1.54, 1.807) is 24.3 Å². The van der Waals surface area contributed by atoms with Crippen molar-refractivity contribution in [2.75, 3.05) is 0 Å². The third-order valence-corrected chi connectivity index (χ3v) is 6.58. The summed E-state index contributed by atoms with van der Waals surface area (Å²) in [5.74, 6) is 4.81. The maximum atomic E-state index is 13.3. The molecule has 8 nitrogen and oxygen atoms in total. The zero-order valence-corrected chi connectivity index (χ0v) is 18.5. The van der Waals surface area contributed by atoms with Crippen molar-refractivity contribution in [3.63, 3.8) is 0 Å². The monoisotopic (exact) mass is 463 g/mol. The Morgan fingerprint density at radius 1 is 1.09 bits per heavy atom. The Balaban J connectivity index is 1.92. The van der Waals surface area contributed by atoms with Crippen molar-refractivity contribution in [2.45, 2.75) is 24.4 Å². The smallest absolute Gasteiger partial charge is 0.269 e. The fourth-order valence-electron chi connectivity index (χ4n) is 2.96. The molecule has 168 valence electrons. The Morgan fingerprint density at radius 3 is 2.21 bits per heavy atom. The second kappa shape index (κ2) is 10.7. The third-order valence-electron chi connectivity index (χ3n) is 4.74. The number of aryl methyl sites for hydroxylation is 1. The molecular formula is C24H21N3O5S. The van der Waals surface area contributed by atoms with Crippen LogP contribution in [0.15, 0.2) is 78.0 Å². The summed E-state index contributed by atoms with van der Waals surface area (Å²) < 4.78 is 27.4. The van der Waals surface area contributed by atoms with Crippen molar-refractivity contribution in [1.82, 2.24) is 14.8 Å². The van der Waals surface area contributed by atoms with E-state index in [2.05, 4.69) is 16.8 Å². The molecule has 1 heterocycles. The summed E-state index contributed by atoms with van der Waals surface area (Å²) in [5, 5.41) is 8.98. The first kappa shape index (κ1) is 23.8. The maximum Gasteiger partial charge on any atom is 0.269 e. The second-order valence-electron chi connectivity index (χ2n) is 7.11. The number of carbonyl (C=O) groups excluding carboxylic acids is 2. The molecule has 1 aromatic heterocycles. The van der Waals surface area contributed by atoms with Crippen LogP contribution in [0.25, 0.3) is 0 Å². The van der Waals surface area contributed by atoms with Crippen LogP contribution in [-0.2, 0) is 26.2 Å². The van der Waals surface area contributed by atoms with Gasteiger partial charge in [-0.2, -0.15) is 4.31 Å². The summed E-state index contributed by atoms with van der Waals surface area (Å²) in [6.45, 7) is 1.68. The van der Waals surface area contributed by atoms with E-state index in [1.807, 2.05) is 31.2 Å². The number of hydrogen-bond acceptors (Lipinski definition) is 6. The van der Waals surface area contributed by atoms with E-state index in [-0.39, 0.29) is 17.7 Å². The van der Waals surface area contributed by atoms with Crippen LogP contribution >= 0.6 is 0 Å². The van der Waals surface area contributed by atoms with Gasteiger partial charge in [-0.3, -0.25) is 15.0 Å². The van der Waals surface area contributed by atoms with E-state index in [4.69, 9.17) is 5.21 Å². The molecule has 0 radical (unpaired) electrons. The zero-order chi connectivity index (χ0) is 23.8. The molecular weight excluding hydrogens is 442 g/mol. The third kappa shape index (κ3) is 5.90. The van der Waals surface area contributed by atoms with E-state index in [1.165, 1.54) is 30.0 Å². The highest BCUT2D eigenvalue weighted by atomic mass is 32.2. The van der Waals surface area contributed by atoms with Crippen molar-refractivity contribution in [3.05, 3.63) is 95.3 Å². The van der Waals surface area contributed by atoms with Crippen LogP contribution in [0.4, 0.5) is 0 Å². The van der Waals surface area contributed by atoms with Crippen LogP contribution in [0.1, 0.15) is 22.3 Å². The number of hydroxylamine groups is 1. The van der Waals surface area contributed by atoms with Gasteiger partial charge in [-0.05, 0) is 55.0 Å². The number of nitrogens with zero attached hydrogens (tertiary/aromatic N) is 2. The van der Waals surface area contributed by atoms with E-state index >= 15 is 0 Å². The van der Waals surface area contributed by atoms with E-state index in [0.29, 0.717) is 15.4 Å². The summed E-state index contributed by atoms with van der Waals surface area (Å²) in [6, 6.07) is 14.9. The largest absolute Gasteiger partial charge is 0.301 e. The average molecular weight is 464 g/mol. The number of benzene rings is 2. The molecule has 2 N–H and O–H groups in total. The molecule has 0 spiro atoms. The Morgan fingerprint density at radius 2 is 1.70 bits per heavy atom. The van der Waals surface area contributed by atoms with Gasteiger partial charge in [0.1, 0.15) is 6.29 Å². The van der Waals surface area contributed by atoms with Crippen LogP contribution in [0.5, 0.6) is 0 Å². The molecule has 3 rings (SSSR count). The SMILES string of the molecule is Cc1ccc(C#Cc2ccc(S(=O)(=O)N(Cc3cccnc3)[C@@H](C=O)C(=O)NO)cc2)cc1. The summed E-state index contributed by atoms with van der Waals surface area (Å²) >= 11 is 0. The van der Waals surface area contributed by atoms with Crippen LogP contribution in [0, 0.1) is 18.8 Å². The van der Waals surface area contributed by atoms with Crippen molar-refractivity contribution < 1.29 is 23.2 Å². The lowest BCUT2D eigenvalue weighted by molar-refractivity contribution is -0.136. The van der Waals surface area contributed by atoms with Gasteiger partial charge in [-0.1, -0.05) is 35.6 Å². The van der Waals surface area contributed by atoms with E-state index in [9.17, 15) is 18.0 Å². The molecule has 0 bridgehead atoms. The van der Waals surface area contributed by atoms with Gasteiger partial charge in [-0.15, -0.1) is 0 Å². The number of aromatic nitrogens is 1. The molecule has 0 aliphatic rings. The molecule has 2 aromatic carbocycles. The number of carbonyl (C=O) groups is 2. The summed E-state index contributed by atoms with van der Waals surface area (Å²) in [6.07, 6.45) is 3.09. The molecule has 1 amide bonds. The van der Waals surface area contributed by atoms with Crippen molar-refractivity contribution >= 4 is 22.2 Å². The lowest BCUT2D eigenvalue weighted by Gasteiger charge is -2.26. The first-order valence-corrected chi connectivity index (χ1v) is 11.3. The quantitative estimate of drug-likeness (QED) is 0.182. The van der Waals surface area contributed by atoms with Crippen LogP contribution in [0.3, 0.4) is 0 Å². The predicted molar refractivity (Wildman–Crippen MR) is 120 cm³/mol. The lowest BCUT2D eigenvalue weighted by Crippen LogP contribution is -2.49. The van der Waals surface area contributed by atoms with E-state index < -0.39 is 22.0 Å². The number of hydrogen-bond donors (Lipinski definition) is 2. The molecule has 0 aliphatic heterocycles. The fourth-order valence-corrected chi connectivity index (χ4v) is 4.47. The number of pyridine rings is 1. The Kier molecular flexibility index (Phi) is 7.69. The normalized spacial score (nSPS) is 11.8. The molecule has 0 fully saturated rings. The van der Waals surface area contributed by atoms with Crippen LogP contribution in [-0.4, -0.2) is 41.1 Å². The molecule has 9 heteroatoms. The number of aldehydes is 1. The number of nitrogens with one attached hydrogen (secondary N) is 1. The first-order valence-electron chi connectivity index (χ1n) is 9.84. The summed E-state index contributed by atoms with van der Waals surface area (Å²) in [4.78, 5) is 27.4.